The minimum atomic E-state index is -0.383. The van der Waals surface area contributed by atoms with Crippen molar-refractivity contribution in [2.75, 3.05) is 20.8 Å². The van der Waals surface area contributed by atoms with Crippen molar-refractivity contribution in [1.82, 2.24) is 5.32 Å². The van der Waals surface area contributed by atoms with Crippen LogP contribution in [0.15, 0.2) is 24.3 Å². The molecule has 1 rings (SSSR count). The Hall–Kier alpha value is -1.99. The second-order valence-electron chi connectivity index (χ2n) is 4.04. The van der Waals surface area contributed by atoms with E-state index in [-0.39, 0.29) is 12.0 Å². The van der Waals surface area contributed by atoms with Crippen molar-refractivity contribution in [3.63, 3.8) is 0 Å². The van der Waals surface area contributed by atoms with Crippen LogP contribution in [0.3, 0.4) is 0 Å². The Bertz CT molecular complexity index is 434. The van der Waals surface area contributed by atoms with Crippen molar-refractivity contribution in [2.45, 2.75) is 18.9 Å². The molecular weight excluding hydrogens is 242 g/mol. The Kier molecular flexibility index (Phi) is 6.48. The SMILES string of the molecule is C#CCCN[C@H](Cc1ccc(OC)cc1)C(=O)OC. The summed E-state index contributed by atoms with van der Waals surface area (Å²) in [5.41, 5.74) is 1.03. The highest BCUT2D eigenvalue weighted by Gasteiger charge is 2.18. The van der Waals surface area contributed by atoms with E-state index < -0.39 is 0 Å². The first kappa shape index (κ1) is 15.1. The Morgan fingerprint density at radius 1 is 1.37 bits per heavy atom. The first-order valence-corrected chi connectivity index (χ1v) is 6.09. The summed E-state index contributed by atoms with van der Waals surface area (Å²) < 4.78 is 9.88. The normalized spacial score (nSPS) is 11.4. The molecule has 0 aliphatic rings. The van der Waals surface area contributed by atoms with Crippen molar-refractivity contribution in [3.8, 4) is 18.1 Å². The monoisotopic (exact) mass is 261 g/mol. The highest BCUT2D eigenvalue weighted by Crippen LogP contribution is 2.13. The Labute approximate surface area is 114 Å². The molecule has 4 nitrogen and oxygen atoms in total. The third-order valence-electron chi connectivity index (χ3n) is 2.74. The third-order valence-corrected chi connectivity index (χ3v) is 2.74. The van der Waals surface area contributed by atoms with E-state index in [2.05, 4.69) is 11.2 Å². The van der Waals surface area contributed by atoms with Crippen LogP contribution in [-0.4, -0.2) is 32.8 Å². The molecule has 0 bridgehead atoms. The number of hydrogen-bond donors (Lipinski definition) is 1. The van der Waals surface area contributed by atoms with Crippen LogP contribution >= 0.6 is 0 Å². The number of ether oxygens (including phenoxy) is 2. The van der Waals surface area contributed by atoms with Gasteiger partial charge < -0.3 is 14.8 Å². The minimum absolute atomic E-state index is 0.284. The van der Waals surface area contributed by atoms with Gasteiger partial charge in [-0.3, -0.25) is 4.79 Å². The van der Waals surface area contributed by atoms with Gasteiger partial charge >= 0.3 is 5.97 Å². The molecule has 102 valence electrons. The van der Waals surface area contributed by atoms with Crippen LogP contribution in [0.25, 0.3) is 0 Å². The number of esters is 1. The van der Waals surface area contributed by atoms with Gasteiger partial charge in [-0.25, -0.2) is 0 Å². The van der Waals surface area contributed by atoms with Gasteiger partial charge in [-0.2, -0.15) is 0 Å². The highest BCUT2D eigenvalue weighted by molar-refractivity contribution is 5.76. The van der Waals surface area contributed by atoms with Gasteiger partial charge in [-0.05, 0) is 24.1 Å². The predicted molar refractivity (Wildman–Crippen MR) is 74.0 cm³/mol. The molecule has 0 spiro atoms. The van der Waals surface area contributed by atoms with Crippen molar-refractivity contribution in [2.24, 2.45) is 0 Å². The van der Waals surface area contributed by atoms with Gasteiger partial charge in [0.25, 0.3) is 0 Å². The van der Waals surface area contributed by atoms with Gasteiger partial charge in [-0.1, -0.05) is 12.1 Å². The summed E-state index contributed by atoms with van der Waals surface area (Å²) >= 11 is 0. The minimum Gasteiger partial charge on any atom is -0.497 e. The predicted octanol–water partition coefficient (Wildman–Crippen LogP) is 1.39. The number of nitrogens with one attached hydrogen (secondary N) is 1. The molecule has 0 aliphatic heterocycles. The Morgan fingerprint density at radius 2 is 2.05 bits per heavy atom. The molecule has 0 unspecified atom stereocenters. The maximum absolute atomic E-state index is 11.7. The van der Waals surface area contributed by atoms with E-state index in [0.717, 1.165) is 11.3 Å². The molecule has 0 fully saturated rings. The fraction of sp³-hybridized carbons (Fsp3) is 0.400. The molecule has 0 saturated carbocycles. The van der Waals surface area contributed by atoms with Gasteiger partial charge in [0, 0.05) is 13.0 Å². The highest BCUT2D eigenvalue weighted by atomic mass is 16.5. The summed E-state index contributed by atoms with van der Waals surface area (Å²) in [6, 6.07) is 7.21. The lowest BCUT2D eigenvalue weighted by Crippen LogP contribution is -2.39. The number of terminal acetylenes is 1. The van der Waals surface area contributed by atoms with Crippen molar-refractivity contribution in [1.29, 1.82) is 0 Å². The second-order valence-corrected chi connectivity index (χ2v) is 4.04. The summed E-state index contributed by atoms with van der Waals surface area (Å²) in [6.45, 7) is 0.590. The van der Waals surface area contributed by atoms with Crippen LogP contribution in [0.4, 0.5) is 0 Å². The average molecular weight is 261 g/mol. The lowest BCUT2D eigenvalue weighted by Gasteiger charge is -2.16. The molecule has 1 atom stereocenters. The smallest absolute Gasteiger partial charge is 0.323 e. The van der Waals surface area contributed by atoms with Crippen LogP contribution in [0.5, 0.6) is 5.75 Å². The summed E-state index contributed by atoms with van der Waals surface area (Å²) in [5.74, 6) is 3.03. The quantitative estimate of drug-likeness (QED) is 0.458. The van der Waals surface area contributed by atoms with Crippen LogP contribution < -0.4 is 10.1 Å². The third kappa shape index (κ3) is 5.02. The molecule has 0 aromatic heterocycles. The molecule has 0 radical (unpaired) electrons. The average Bonchev–Trinajstić information content (AvgIpc) is 2.46. The van der Waals surface area contributed by atoms with Crippen molar-refractivity contribution < 1.29 is 14.3 Å². The molecule has 19 heavy (non-hydrogen) atoms. The van der Waals surface area contributed by atoms with Crippen LogP contribution in [0.2, 0.25) is 0 Å². The first-order chi connectivity index (χ1) is 9.21. The van der Waals surface area contributed by atoms with E-state index in [0.29, 0.717) is 19.4 Å². The van der Waals surface area contributed by atoms with Gasteiger partial charge in [0.2, 0.25) is 0 Å². The zero-order valence-electron chi connectivity index (χ0n) is 11.3. The van der Waals surface area contributed by atoms with E-state index in [1.807, 2.05) is 24.3 Å². The van der Waals surface area contributed by atoms with E-state index >= 15 is 0 Å². The zero-order valence-corrected chi connectivity index (χ0v) is 11.3. The summed E-state index contributed by atoms with van der Waals surface area (Å²) in [6.07, 6.45) is 6.32. The summed E-state index contributed by atoms with van der Waals surface area (Å²) in [7, 11) is 3.00. The van der Waals surface area contributed by atoms with Gasteiger partial charge in [0.1, 0.15) is 11.8 Å². The largest absolute Gasteiger partial charge is 0.497 e. The molecule has 1 aromatic rings. The second kappa shape index (κ2) is 8.17. The summed E-state index contributed by atoms with van der Waals surface area (Å²) in [4.78, 5) is 11.7. The van der Waals surface area contributed by atoms with Gasteiger partial charge in [-0.15, -0.1) is 12.3 Å². The number of rotatable bonds is 7. The number of carbonyl (C=O) groups excluding carboxylic acids is 1. The fourth-order valence-corrected chi connectivity index (χ4v) is 1.70. The lowest BCUT2D eigenvalue weighted by atomic mass is 10.1. The van der Waals surface area contributed by atoms with Crippen LogP contribution in [0.1, 0.15) is 12.0 Å². The molecule has 1 N–H and O–H groups in total. The van der Waals surface area contributed by atoms with Crippen LogP contribution in [0, 0.1) is 12.3 Å². The number of methoxy groups -OCH3 is 2. The summed E-state index contributed by atoms with van der Waals surface area (Å²) in [5, 5.41) is 3.10. The molecule has 0 aliphatic carbocycles. The fourth-order valence-electron chi connectivity index (χ4n) is 1.70. The zero-order chi connectivity index (χ0) is 14.1. The molecule has 0 amide bonds. The Morgan fingerprint density at radius 3 is 2.58 bits per heavy atom. The molecule has 4 heteroatoms. The van der Waals surface area contributed by atoms with Crippen molar-refractivity contribution in [3.05, 3.63) is 29.8 Å². The van der Waals surface area contributed by atoms with E-state index in [9.17, 15) is 4.79 Å². The standard InChI is InChI=1S/C15H19NO3/c1-4-5-10-16-14(15(17)19-3)11-12-6-8-13(18-2)9-7-12/h1,6-9,14,16H,5,10-11H2,2-3H3/t14-/m1/s1. The number of benzene rings is 1. The van der Waals surface area contributed by atoms with Gasteiger partial charge in [0.15, 0.2) is 0 Å². The maximum Gasteiger partial charge on any atom is 0.323 e. The van der Waals surface area contributed by atoms with E-state index in [4.69, 9.17) is 15.9 Å². The maximum atomic E-state index is 11.7. The van der Waals surface area contributed by atoms with E-state index in [1.165, 1.54) is 7.11 Å². The molecular formula is C15H19NO3. The first-order valence-electron chi connectivity index (χ1n) is 6.09. The molecule has 0 saturated heterocycles. The topological polar surface area (TPSA) is 47.6 Å². The van der Waals surface area contributed by atoms with Crippen LogP contribution in [-0.2, 0) is 16.0 Å². The number of hydrogen-bond acceptors (Lipinski definition) is 4. The Balaban J connectivity index is 2.64. The lowest BCUT2D eigenvalue weighted by molar-refractivity contribution is -0.143. The molecule has 1 aromatic carbocycles. The van der Waals surface area contributed by atoms with Crippen molar-refractivity contribution >= 4 is 5.97 Å². The van der Waals surface area contributed by atoms with E-state index in [1.54, 1.807) is 7.11 Å². The van der Waals surface area contributed by atoms with Gasteiger partial charge in [0.05, 0.1) is 14.2 Å². The number of carbonyl (C=O) groups is 1. The molecule has 0 heterocycles.